The number of piperidine rings is 1. The minimum Gasteiger partial charge on any atom is -0.478 e. The van der Waals surface area contributed by atoms with Crippen molar-refractivity contribution in [1.82, 2.24) is 0 Å². The van der Waals surface area contributed by atoms with Gasteiger partial charge < -0.3 is 15.1 Å². The summed E-state index contributed by atoms with van der Waals surface area (Å²) in [7, 11) is 0. The van der Waals surface area contributed by atoms with E-state index in [4.69, 9.17) is 5.11 Å². The molecule has 2 atom stereocenters. The lowest BCUT2D eigenvalue weighted by Gasteiger charge is -2.35. The SMILES string of the molecule is CC1CCN(c2cc(C(=O)O)c(F)cc2[N+](=O)[O-])CC1O. The third-order valence-corrected chi connectivity index (χ3v) is 3.75. The van der Waals surface area contributed by atoms with E-state index in [1.807, 2.05) is 6.92 Å². The van der Waals surface area contributed by atoms with Gasteiger partial charge in [-0.2, -0.15) is 0 Å². The lowest BCUT2D eigenvalue weighted by Crippen LogP contribution is -2.43. The van der Waals surface area contributed by atoms with Crippen LogP contribution in [0.3, 0.4) is 0 Å². The number of hydrogen-bond donors (Lipinski definition) is 2. The van der Waals surface area contributed by atoms with Crippen molar-refractivity contribution in [1.29, 1.82) is 0 Å². The second-order valence-corrected chi connectivity index (χ2v) is 5.16. The average Bonchev–Trinajstić information content (AvgIpc) is 2.41. The molecule has 1 aliphatic heterocycles. The standard InChI is InChI=1S/C13H15FN2O5/c1-7-2-3-15(6-12(7)17)10-4-8(13(18)19)9(14)5-11(10)16(20)21/h4-5,7,12,17H,2-3,6H2,1H3,(H,18,19). The number of carboxylic acid groups (broad SMARTS) is 1. The molecule has 0 spiro atoms. The maximum absolute atomic E-state index is 13.6. The zero-order valence-electron chi connectivity index (χ0n) is 11.3. The van der Waals surface area contributed by atoms with E-state index in [1.54, 1.807) is 0 Å². The zero-order chi connectivity index (χ0) is 15.7. The van der Waals surface area contributed by atoms with E-state index in [9.17, 15) is 24.4 Å². The van der Waals surface area contributed by atoms with Crippen LogP contribution in [-0.4, -0.2) is 40.3 Å². The van der Waals surface area contributed by atoms with E-state index in [2.05, 4.69) is 0 Å². The Bertz CT molecular complexity index is 592. The van der Waals surface area contributed by atoms with Gasteiger partial charge in [-0.15, -0.1) is 0 Å². The molecule has 7 nitrogen and oxygen atoms in total. The number of carboxylic acids is 1. The fraction of sp³-hybridized carbons (Fsp3) is 0.462. The summed E-state index contributed by atoms with van der Waals surface area (Å²) in [6, 6.07) is 1.57. The molecular weight excluding hydrogens is 283 g/mol. The molecule has 1 aliphatic rings. The van der Waals surface area contributed by atoms with Crippen LogP contribution in [0, 0.1) is 21.8 Å². The van der Waals surface area contributed by atoms with Crippen LogP contribution < -0.4 is 4.90 Å². The topological polar surface area (TPSA) is 104 Å². The molecule has 1 aromatic carbocycles. The van der Waals surface area contributed by atoms with Gasteiger partial charge in [0.25, 0.3) is 5.69 Å². The number of anilines is 1. The molecule has 114 valence electrons. The van der Waals surface area contributed by atoms with Crippen molar-refractivity contribution in [2.75, 3.05) is 18.0 Å². The Morgan fingerprint density at radius 3 is 2.71 bits per heavy atom. The van der Waals surface area contributed by atoms with Gasteiger partial charge in [0.05, 0.1) is 22.7 Å². The highest BCUT2D eigenvalue weighted by Crippen LogP contribution is 2.33. The molecule has 1 aromatic rings. The Balaban J connectivity index is 2.47. The number of aliphatic hydroxyl groups is 1. The minimum absolute atomic E-state index is 0.0183. The molecule has 1 heterocycles. The highest BCUT2D eigenvalue weighted by Gasteiger charge is 2.30. The highest BCUT2D eigenvalue weighted by molar-refractivity contribution is 5.90. The highest BCUT2D eigenvalue weighted by atomic mass is 19.1. The Morgan fingerprint density at radius 2 is 2.19 bits per heavy atom. The van der Waals surface area contributed by atoms with Crippen molar-refractivity contribution in [2.24, 2.45) is 5.92 Å². The van der Waals surface area contributed by atoms with Gasteiger partial charge in [-0.1, -0.05) is 6.92 Å². The number of rotatable bonds is 3. The Hall–Kier alpha value is -2.22. The molecule has 8 heteroatoms. The van der Waals surface area contributed by atoms with Crippen LogP contribution in [0.4, 0.5) is 15.8 Å². The van der Waals surface area contributed by atoms with Crippen molar-refractivity contribution in [3.63, 3.8) is 0 Å². The minimum atomic E-state index is -1.49. The fourth-order valence-corrected chi connectivity index (χ4v) is 2.38. The van der Waals surface area contributed by atoms with Crippen LogP contribution in [0.2, 0.25) is 0 Å². The quantitative estimate of drug-likeness (QED) is 0.649. The normalized spacial score (nSPS) is 22.1. The molecule has 0 saturated carbocycles. The van der Waals surface area contributed by atoms with Gasteiger partial charge >= 0.3 is 5.97 Å². The lowest BCUT2D eigenvalue weighted by molar-refractivity contribution is -0.384. The van der Waals surface area contributed by atoms with E-state index in [-0.39, 0.29) is 18.2 Å². The number of β-amino-alcohol motifs (C(OH)–C–C–N with tert-alkyl or cyclic N) is 1. The first-order chi connectivity index (χ1) is 9.81. The van der Waals surface area contributed by atoms with Gasteiger partial charge in [-0.3, -0.25) is 10.1 Å². The second kappa shape index (κ2) is 5.65. The largest absolute Gasteiger partial charge is 0.478 e. The number of halogens is 1. The van der Waals surface area contributed by atoms with Crippen LogP contribution >= 0.6 is 0 Å². The van der Waals surface area contributed by atoms with E-state index in [1.165, 1.54) is 4.90 Å². The summed E-state index contributed by atoms with van der Waals surface area (Å²) in [5.41, 5.74) is -1.10. The third kappa shape index (κ3) is 2.94. The predicted molar refractivity (Wildman–Crippen MR) is 72.0 cm³/mol. The number of carbonyl (C=O) groups is 1. The average molecular weight is 298 g/mol. The summed E-state index contributed by atoms with van der Waals surface area (Å²) in [5, 5.41) is 29.9. The number of nitro benzene ring substituents is 1. The van der Waals surface area contributed by atoms with Crippen LogP contribution in [0.1, 0.15) is 23.7 Å². The summed E-state index contributed by atoms with van der Waals surface area (Å²) in [6.45, 7) is 2.44. The number of aliphatic hydroxyl groups excluding tert-OH is 1. The Labute approximate surface area is 119 Å². The van der Waals surface area contributed by atoms with E-state index in [0.29, 0.717) is 19.0 Å². The molecule has 0 aromatic heterocycles. The summed E-state index contributed by atoms with van der Waals surface area (Å²) in [4.78, 5) is 22.8. The van der Waals surface area contributed by atoms with E-state index in [0.717, 1.165) is 6.07 Å². The van der Waals surface area contributed by atoms with Crippen LogP contribution in [0.5, 0.6) is 0 Å². The number of hydrogen-bond acceptors (Lipinski definition) is 5. The number of nitrogens with zero attached hydrogens (tertiary/aromatic N) is 2. The molecule has 1 saturated heterocycles. The van der Waals surface area contributed by atoms with E-state index < -0.39 is 34.1 Å². The summed E-state index contributed by atoms with van der Waals surface area (Å²) < 4.78 is 13.6. The van der Waals surface area contributed by atoms with Crippen molar-refractivity contribution < 1.29 is 24.3 Å². The number of aromatic carboxylic acids is 1. The summed E-state index contributed by atoms with van der Waals surface area (Å²) in [6.07, 6.45) is -0.0605. The molecule has 0 aliphatic carbocycles. The Kier molecular flexibility index (Phi) is 4.08. The lowest BCUT2D eigenvalue weighted by atomic mass is 9.95. The van der Waals surface area contributed by atoms with Crippen LogP contribution in [0.25, 0.3) is 0 Å². The first-order valence-electron chi connectivity index (χ1n) is 6.45. The maximum Gasteiger partial charge on any atom is 0.338 e. The number of nitro groups is 1. The molecule has 1 fully saturated rings. The zero-order valence-corrected chi connectivity index (χ0v) is 11.3. The second-order valence-electron chi connectivity index (χ2n) is 5.16. The van der Waals surface area contributed by atoms with Crippen molar-refractivity contribution >= 4 is 17.3 Å². The molecule has 0 radical (unpaired) electrons. The van der Waals surface area contributed by atoms with Gasteiger partial charge in [0.1, 0.15) is 11.5 Å². The molecule has 0 amide bonds. The third-order valence-electron chi connectivity index (χ3n) is 3.75. The van der Waals surface area contributed by atoms with Crippen molar-refractivity contribution in [3.8, 4) is 0 Å². The summed E-state index contributed by atoms with van der Waals surface area (Å²) in [5.74, 6) is -2.59. The van der Waals surface area contributed by atoms with E-state index >= 15 is 0 Å². The van der Waals surface area contributed by atoms with Gasteiger partial charge in [0.2, 0.25) is 0 Å². The molecule has 21 heavy (non-hydrogen) atoms. The monoisotopic (exact) mass is 298 g/mol. The van der Waals surface area contributed by atoms with Crippen LogP contribution in [-0.2, 0) is 0 Å². The number of benzene rings is 1. The van der Waals surface area contributed by atoms with Gasteiger partial charge in [-0.05, 0) is 18.4 Å². The van der Waals surface area contributed by atoms with Crippen molar-refractivity contribution in [3.05, 3.63) is 33.6 Å². The first kappa shape index (κ1) is 15.2. The van der Waals surface area contributed by atoms with Gasteiger partial charge in [0, 0.05) is 13.1 Å². The molecule has 2 rings (SSSR count). The molecule has 2 unspecified atom stereocenters. The van der Waals surface area contributed by atoms with Gasteiger partial charge in [-0.25, -0.2) is 9.18 Å². The summed E-state index contributed by atoms with van der Waals surface area (Å²) >= 11 is 0. The first-order valence-corrected chi connectivity index (χ1v) is 6.45. The van der Waals surface area contributed by atoms with Crippen molar-refractivity contribution in [2.45, 2.75) is 19.4 Å². The molecular formula is C13H15FN2O5. The Morgan fingerprint density at radius 1 is 1.52 bits per heavy atom. The molecule has 0 bridgehead atoms. The fourth-order valence-electron chi connectivity index (χ4n) is 2.38. The maximum atomic E-state index is 13.6. The molecule has 2 N–H and O–H groups in total. The predicted octanol–water partition coefficient (Wildman–Crippen LogP) is 1.64. The smallest absolute Gasteiger partial charge is 0.338 e. The van der Waals surface area contributed by atoms with Crippen LogP contribution in [0.15, 0.2) is 12.1 Å². The van der Waals surface area contributed by atoms with Gasteiger partial charge in [0.15, 0.2) is 0 Å².